The molecule has 0 radical (unpaired) electrons. The summed E-state index contributed by atoms with van der Waals surface area (Å²) in [4.78, 5) is 5.56. The first-order chi connectivity index (χ1) is 13.1. The Morgan fingerprint density at radius 2 is 1.69 bits per heavy atom. The Morgan fingerprint density at radius 1 is 1.10 bits per heavy atom. The highest BCUT2D eigenvalue weighted by Gasteiger charge is 2.32. The van der Waals surface area contributed by atoms with E-state index in [9.17, 15) is 22.0 Å². The van der Waals surface area contributed by atoms with E-state index in [2.05, 4.69) is 15.0 Å². The molecular formula is C18H20F5IN4O. The molecule has 0 aliphatic rings. The van der Waals surface area contributed by atoms with Crippen LogP contribution in [-0.4, -0.2) is 37.9 Å². The van der Waals surface area contributed by atoms with E-state index >= 15 is 0 Å². The molecule has 0 saturated heterocycles. The van der Waals surface area contributed by atoms with Crippen molar-refractivity contribution in [2.24, 2.45) is 10.7 Å². The van der Waals surface area contributed by atoms with Gasteiger partial charge < -0.3 is 20.7 Å². The van der Waals surface area contributed by atoms with Crippen LogP contribution >= 0.6 is 24.0 Å². The van der Waals surface area contributed by atoms with Crippen LogP contribution in [0.4, 0.5) is 27.6 Å². The summed E-state index contributed by atoms with van der Waals surface area (Å²) >= 11 is 0. The molecule has 2 aromatic carbocycles. The molecule has 2 rings (SSSR count). The molecule has 0 heterocycles. The second-order valence-electron chi connectivity index (χ2n) is 6.01. The first kappa shape index (κ1) is 24.9. The fourth-order valence-corrected chi connectivity index (χ4v) is 2.49. The molecule has 0 aliphatic heterocycles. The molecule has 11 heteroatoms. The van der Waals surface area contributed by atoms with Crippen molar-refractivity contribution in [2.45, 2.75) is 12.4 Å². The summed E-state index contributed by atoms with van der Waals surface area (Å²) in [6.45, 7) is -0.133. The number of alkyl halides is 3. The van der Waals surface area contributed by atoms with E-state index in [1.54, 1.807) is 19.0 Å². The third-order valence-corrected chi connectivity index (χ3v) is 3.77. The van der Waals surface area contributed by atoms with Crippen molar-refractivity contribution >= 4 is 35.6 Å². The Bertz CT molecular complexity index is 825. The van der Waals surface area contributed by atoms with Crippen LogP contribution in [-0.2, 0) is 0 Å². The summed E-state index contributed by atoms with van der Waals surface area (Å²) in [6.07, 6.45) is -4.87. The Balaban J connectivity index is 0.00000420. The molecule has 2 aromatic rings. The number of halogens is 6. The summed E-state index contributed by atoms with van der Waals surface area (Å²) in [5.41, 5.74) is 5.51. The average molecular weight is 530 g/mol. The Hall–Kier alpha value is -2.15. The average Bonchev–Trinajstić information content (AvgIpc) is 2.57. The highest BCUT2D eigenvalue weighted by atomic mass is 127. The second kappa shape index (κ2) is 10.6. The number of benzene rings is 2. The topological polar surface area (TPSA) is 62.9 Å². The van der Waals surface area contributed by atoms with Crippen LogP contribution in [0.25, 0.3) is 0 Å². The number of rotatable bonds is 6. The number of guanidine groups is 1. The van der Waals surface area contributed by atoms with Gasteiger partial charge in [0, 0.05) is 5.56 Å². The van der Waals surface area contributed by atoms with Crippen LogP contribution in [0.15, 0.2) is 47.5 Å². The predicted octanol–water partition coefficient (Wildman–Crippen LogP) is 4.51. The van der Waals surface area contributed by atoms with E-state index in [0.29, 0.717) is 0 Å². The number of hydrogen-bond donors (Lipinski definition) is 2. The smallest absolute Gasteiger partial charge is 0.404 e. The lowest BCUT2D eigenvalue weighted by atomic mass is 10.0. The number of para-hydroxylation sites is 2. The molecule has 0 amide bonds. The Morgan fingerprint density at radius 3 is 2.24 bits per heavy atom. The number of nitrogens with two attached hydrogens (primary N) is 1. The lowest BCUT2D eigenvalue weighted by Crippen LogP contribution is -2.28. The molecule has 3 N–H and O–H groups in total. The van der Waals surface area contributed by atoms with Gasteiger partial charge in [0.1, 0.15) is 11.6 Å². The number of nitrogens with zero attached hydrogens (tertiary/aromatic N) is 2. The van der Waals surface area contributed by atoms with Gasteiger partial charge in [0.25, 0.3) is 0 Å². The van der Waals surface area contributed by atoms with Crippen LogP contribution in [0.1, 0.15) is 11.6 Å². The molecule has 0 saturated carbocycles. The summed E-state index contributed by atoms with van der Waals surface area (Å²) in [7, 11) is 3.23. The molecule has 0 aliphatic carbocycles. The molecule has 1 atom stereocenters. The zero-order chi connectivity index (χ0) is 20.9. The normalized spacial score (nSPS) is 13.0. The number of anilines is 1. The van der Waals surface area contributed by atoms with Gasteiger partial charge in [0.05, 0.1) is 18.3 Å². The highest BCUT2D eigenvalue weighted by molar-refractivity contribution is 14.0. The van der Waals surface area contributed by atoms with E-state index in [1.807, 2.05) is 0 Å². The number of hydrogen-bond acceptors (Lipinski definition) is 3. The van der Waals surface area contributed by atoms with Crippen LogP contribution in [0, 0.1) is 11.6 Å². The molecule has 0 spiro atoms. The molecular weight excluding hydrogens is 510 g/mol. The third kappa shape index (κ3) is 7.31. The van der Waals surface area contributed by atoms with Crippen molar-refractivity contribution in [1.29, 1.82) is 0 Å². The molecule has 5 nitrogen and oxygen atoms in total. The minimum absolute atomic E-state index is 0. The Kier molecular flexibility index (Phi) is 9.08. The molecule has 0 bridgehead atoms. The predicted molar refractivity (Wildman–Crippen MR) is 111 cm³/mol. The number of aliphatic imine (C=N–C) groups is 1. The standard InChI is InChI=1S/C18H19F5N4O.HI/c1-27(2)14(16-11(19)6-5-7-12(16)20)10-25-17(24)26-13-8-3-4-9-15(13)28-18(21,22)23;/h3-9,14H,10H2,1-2H3,(H3,24,25,26);1H. The zero-order valence-corrected chi connectivity index (χ0v) is 17.8. The van der Waals surface area contributed by atoms with Gasteiger partial charge in [-0.25, -0.2) is 8.78 Å². The molecule has 1 unspecified atom stereocenters. The summed E-state index contributed by atoms with van der Waals surface area (Å²) < 4.78 is 69.5. The number of nitrogens with one attached hydrogen (secondary N) is 1. The van der Waals surface area contributed by atoms with Crippen molar-refractivity contribution in [3.63, 3.8) is 0 Å². The van der Waals surface area contributed by atoms with E-state index in [1.165, 1.54) is 24.3 Å². The third-order valence-electron chi connectivity index (χ3n) is 3.77. The quantitative estimate of drug-likeness (QED) is 0.250. The van der Waals surface area contributed by atoms with E-state index in [-0.39, 0.29) is 47.7 Å². The Labute approximate surface area is 181 Å². The fourth-order valence-electron chi connectivity index (χ4n) is 2.49. The minimum atomic E-state index is -4.87. The monoisotopic (exact) mass is 530 g/mol. The zero-order valence-electron chi connectivity index (χ0n) is 15.5. The van der Waals surface area contributed by atoms with E-state index in [4.69, 9.17) is 5.73 Å². The lowest BCUT2D eigenvalue weighted by Gasteiger charge is -2.24. The SMILES string of the molecule is CN(C)C(CN=C(N)Nc1ccccc1OC(F)(F)F)c1c(F)cccc1F.I. The minimum Gasteiger partial charge on any atom is -0.404 e. The molecule has 160 valence electrons. The second-order valence-corrected chi connectivity index (χ2v) is 6.01. The van der Waals surface area contributed by atoms with Gasteiger partial charge in [-0.2, -0.15) is 0 Å². The maximum Gasteiger partial charge on any atom is 0.573 e. The molecule has 0 aromatic heterocycles. The van der Waals surface area contributed by atoms with Gasteiger partial charge >= 0.3 is 6.36 Å². The molecule has 0 fully saturated rings. The van der Waals surface area contributed by atoms with Gasteiger partial charge in [0.15, 0.2) is 11.7 Å². The van der Waals surface area contributed by atoms with Crippen molar-refractivity contribution in [3.8, 4) is 5.75 Å². The first-order valence-corrected chi connectivity index (χ1v) is 8.10. The summed E-state index contributed by atoms with van der Waals surface area (Å²) in [6, 6.07) is 8.01. The maximum absolute atomic E-state index is 14.1. The van der Waals surface area contributed by atoms with E-state index in [0.717, 1.165) is 18.2 Å². The van der Waals surface area contributed by atoms with Gasteiger partial charge in [-0.1, -0.05) is 18.2 Å². The summed E-state index contributed by atoms with van der Waals surface area (Å²) in [5.74, 6) is -2.19. The maximum atomic E-state index is 14.1. The number of ether oxygens (including phenoxy) is 1. The van der Waals surface area contributed by atoms with Crippen LogP contribution in [0.5, 0.6) is 5.75 Å². The first-order valence-electron chi connectivity index (χ1n) is 8.10. The fraction of sp³-hybridized carbons (Fsp3) is 0.278. The van der Waals surface area contributed by atoms with Gasteiger partial charge in [-0.05, 0) is 38.4 Å². The van der Waals surface area contributed by atoms with Crippen LogP contribution in [0.2, 0.25) is 0 Å². The van der Waals surface area contributed by atoms with Crippen molar-refractivity contribution in [1.82, 2.24) is 4.90 Å². The highest BCUT2D eigenvalue weighted by Crippen LogP contribution is 2.30. The summed E-state index contributed by atoms with van der Waals surface area (Å²) in [5, 5.41) is 2.50. The van der Waals surface area contributed by atoms with Crippen LogP contribution in [0.3, 0.4) is 0 Å². The van der Waals surface area contributed by atoms with Crippen molar-refractivity contribution in [2.75, 3.05) is 26.0 Å². The molecule has 29 heavy (non-hydrogen) atoms. The van der Waals surface area contributed by atoms with Crippen molar-refractivity contribution < 1.29 is 26.7 Å². The van der Waals surface area contributed by atoms with Crippen LogP contribution < -0.4 is 15.8 Å². The van der Waals surface area contributed by atoms with Gasteiger partial charge in [0.2, 0.25) is 0 Å². The van der Waals surface area contributed by atoms with E-state index < -0.39 is 29.8 Å². The van der Waals surface area contributed by atoms with Crippen molar-refractivity contribution in [3.05, 3.63) is 59.7 Å². The lowest BCUT2D eigenvalue weighted by molar-refractivity contribution is -0.274. The van der Waals surface area contributed by atoms with Gasteiger partial charge in [-0.15, -0.1) is 37.1 Å². The van der Waals surface area contributed by atoms with Gasteiger partial charge in [-0.3, -0.25) is 4.99 Å². The number of likely N-dealkylation sites (N-methyl/N-ethyl adjacent to an activating group) is 1. The largest absolute Gasteiger partial charge is 0.573 e.